The number of hydrogen-bond acceptors (Lipinski definition) is 7. The van der Waals surface area contributed by atoms with Gasteiger partial charge in [0.1, 0.15) is 16.1 Å². The van der Waals surface area contributed by atoms with Gasteiger partial charge in [-0.2, -0.15) is 0 Å². The molecule has 2 N–H and O–H groups in total. The summed E-state index contributed by atoms with van der Waals surface area (Å²) >= 11 is 1.32. The van der Waals surface area contributed by atoms with Crippen LogP contribution in [0.2, 0.25) is 0 Å². The number of thiophene rings is 1. The van der Waals surface area contributed by atoms with Crippen molar-refractivity contribution in [1.82, 2.24) is 0 Å². The molecule has 2 heterocycles. The molecule has 1 aromatic carbocycles. The van der Waals surface area contributed by atoms with E-state index in [2.05, 4.69) is 24.1 Å². The Bertz CT molecular complexity index is 1180. The summed E-state index contributed by atoms with van der Waals surface area (Å²) in [5, 5.41) is 12.1. The van der Waals surface area contributed by atoms with Crippen molar-refractivity contribution in [2.24, 2.45) is 0 Å². The summed E-state index contributed by atoms with van der Waals surface area (Å²) < 4.78 is 10.5. The van der Waals surface area contributed by atoms with Crippen LogP contribution in [0.25, 0.3) is 11.0 Å². The second kappa shape index (κ2) is 9.34. The van der Waals surface area contributed by atoms with Crippen LogP contribution in [0.1, 0.15) is 59.2 Å². The number of carbonyl (C=O) groups is 2. The maximum Gasteiger partial charge on any atom is 0.340 e. The maximum absolute atomic E-state index is 12.9. The van der Waals surface area contributed by atoms with Gasteiger partial charge in [-0.25, -0.2) is 4.79 Å². The van der Waals surface area contributed by atoms with Gasteiger partial charge in [-0.15, -0.1) is 11.3 Å². The third-order valence-electron chi connectivity index (χ3n) is 5.08. The summed E-state index contributed by atoms with van der Waals surface area (Å²) in [5.74, 6) is -0.830. The summed E-state index contributed by atoms with van der Waals surface area (Å²) in [7, 11) is 1.30. The lowest BCUT2D eigenvalue weighted by molar-refractivity contribution is 0.0602. The zero-order valence-electron chi connectivity index (χ0n) is 18.4. The zero-order chi connectivity index (χ0) is 22.7. The number of carbonyl (C=O) groups excluding carboxylic acids is 2. The summed E-state index contributed by atoms with van der Waals surface area (Å²) in [5.41, 5.74) is 1.71. The molecule has 31 heavy (non-hydrogen) atoms. The molecule has 0 atom stereocenters. The number of nitrogens with one attached hydrogen (secondary N) is 2. The molecule has 0 bridgehead atoms. The SMILES string of the molecule is CCN(CC)c1ccc2cc(C(=O)Nc3sc(C(C)C)cc3C(=O)OC)c(=N)oc2c1. The molecule has 2 aromatic heterocycles. The van der Waals surface area contributed by atoms with Crippen LogP contribution in [-0.2, 0) is 4.74 Å². The fourth-order valence-electron chi connectivity index (χ4n) is 3.29. The summed E-state index contributed by atoms with van der Waals surface area (Å²) in [4.78, 5) is 28.2. The molecule has 1 amide bonds. The molecule has 0 saturated heterocycles. The minimum atomic E-state index is -0.517. The van der Waals surface area contributed by atoms with Crippen molar-refractivity contribution in [1.29, 1.82) is 5.41 Å². The Morgan fingerprint density at radius 1 is 1.16 bits per heavy atom. The Kier molecular flexibility index (Phi) is 6.80. The predicted octanol–water partition coefficient (Wildman–Crippen LogP) is 4.98. The topological polar surface area (TPSA) is 95.6 Å². The van der Waals surface area contributed by atoms with Crippen LogP contribution in [-0.4, -0.2) is 32.1 Å². The first-order chi connectivity index (χ1) is 14.8. The van der Waals surface area contributed by atoms with Crippen LogP contribution < -0.4 is 15.8 Å². The van der Waals surface area contributed by atoms with Gasteiger partial charge in [-0.1, -0.05) is 13.8 Å². The first kappa shape index (κ1) is 22.6. The van der Waals surface area contributed by atoms with Gasteiger partial charge < -0.3 is 19.4 Å². The number of nitrogens with zero attached hydrogens (tertiary/aromatic N) is 1. The quantitative estimate of drug-likeness (QED) is 0.504. The average molecular weight is 442 g/mol. The molecule has 3 aromatic rings. The van der Waals surface area contributed by atoms with Crippen molar-refractivity contribution in [2.45, 2.75) is 33.6 Å². The van der Waals surface area contributed by atoms with Gasteiger partial charge in [0.15, 0.2) is 0 Å². The van der Waals surface area contributed by atoms with Crippen molar-refractivity contribution < 1.29 is 18.7 Å². The Morgan fingerprint density at radius 3 is 2.48 bits per heavy atom. The number of benzene rings is 1. The molecular weight excluding hydrogens is 414 g/mol. The largest absolute Gasteiger partial charge is 0.465 e. The molecule has 7 nitrogen and oxygen atoms in total. The monoisotopic (exact) mass is 441 g/mol. The summed E-state index contributed by atoms with van der Waals surface area (Å²) in [6.45, 7) is 9.89. The lowest BCUT2D eigenvalue weighted by Gasteiger charge is -2.21. The van der Waals surface area contributed by atoms with Crippen molar-refractivity contribution >= 4 is 44.9 Å². The second-order valence-electron chi connectivity index (χ2n) is 7.38. The van der Waals surface area contributed by atoms with Gasteiger partial charge in [0, 0.05) is 35.1 Å². The number of amides is 1. The van der Waals surface area contributed by atoms with Crippen molar-refractivity contribution in [3.63, 3.8) is 0 Å². The van der Waals surface area contributed by atoms with Crippen molar-refractivity contribution in [3.05, 3.63) is 51.9 Å². The van der Waals surface area contributed by atoms with E-state index in [1.54, 1.807) is 12.1 Å². The molecule has 0 aliphatic rings. The molecule has 3 rings (SSSR count). The molecule has 0 spiro atoms. The number of ether oxygens (including phenoxy) is 1. The minimum absolute atomic E-state index is 0.0957. The normalized spacial score (nSPS) is 11.0. The summed E-state index contributed by atoms with van der Waals surface area (Å²) in [6, 6.07) is 9.10. The molecule has 164 valence electrons. The van der Waals surface area contributed by atoms with E-state index in [0.717, 1.165) is 29.0 Å². The maximum atomic E-state index is 12.9. The lowest BCUT2D eigenvalue weighted by Crippen LogP contribution is -2.22. The number of rotatable bonds is 7. The molecule has 0 aliphatic carbocycles. The van der Waals surface area contributed by atoms with Gasteiger partial charge in [-0.3, -0.25) is 10.2 Å². The Balaban J connectivity index is 1.96. The third kappa shape index (κ3) is 4.64. The fourth-order valence-corrected chi connectivity index (χ4v) is 4.33. The second-order valence-corrected chi connectivity index (χ2v) is 8.46. The van der Waals surface area contributed by atoms with E-state index in [1.165, 1.54) is 18.4 Å². The van der Waals surface area contributed by atoms with E-state index in [9.17, 15) is 9.59 Å². The predicted molar refractivity (Wildman–Crippen MR) is 123 cm³/mol. The summed E-state index contributed by atoms with van der Waals surface area (Å²) in [6.07, 6.45) is 0. The molecule has 0 fully saturated rings. The van der Waals surface area contributed by atoms with Gasteiger partial charge >= 0.3 is 5.97 Å². The highest BCUT2D eigenvalue weighted by atomic mass is 32.1. The first-order valence-corrected chi connectivity index (χ1v) is 11.0. The molecule has 0 saturated carbocycles. The lowest BCUT2D eigenvalue weighted by atomic mass is 10.1. The van der Waals surface area contributed by atoms with E-state index in [1.807, 2.05) is 32.0 Å². The molecule has 0 aliphatic heterocycles. The standard InChI is InChI=1S/C23H27N3O4S/c1-6-26(7-2)15-9-8-14-10-16(20(24)30-18(14)11-15)21(27)25-22-17(23(28)29-5)12-19(31-22)13(3)4/h8-13,24H,6-7H2,1-5H3,(H,25,27). The highest BCUT2D eigenvalue weighted by Crippen LogP contribution is 2.33. The van der Waals surface area contributed by atoms with Crippen LogP contribution in [0.5, 0.6) is 0 Å². The molecule has 0 unspecified atom stereocenters. The van der Waals surface area contributed by atoms with Gasteiger partial charge in [-0.05, 0) is 44.0 Å². The minimum Gasteiger partial charge on any atom is -0.465 e. The number of fused-ring (bicyclic) bond motifs is 1. The van der Waals surface area contributed by atoms with Gasteiger partial charge in [0.25, 0.3) is 5.91 Å². The van der Waals surface area contributed by atoms with Crippen LogP contribution in [0.15, 0.2) is 34.7 Å². The van der Waals surface area contributed by atoms with Crippen molar-refractivity contribution in [3.8, 4) is 0 Å². The fraction of sp³-hybridized carbons (Fsp3) is 0.348. The smallest absolute Gasteiger partial charge is 0.340 e. The Morgan fingerprint density at radius 2 is 1.87 bits per heavy atom. The average Bonchev–Trinajstić information content (AvgIpc) is 3.17. The molecule has 8 heteroatoms. The molecular formula is C23H27N3O4S. The van der Waals surface area contributed by atoms with E-state index in [-0.39, 0.29) is 17.0 Å². The van der Waals surface area contributed by atoms with Crippen LogP contribution in [0, 0.1) is 5.41 Å². The van der Waals surface area contributed by atoms with E-state index < -0.39 is 11.9 Å². The highest BCUT2D eigenvalue weighted by molar-refractivity contribution is 7.16. The number of esters is 1. The highest BCUT2D eigenvalue weighted by Gasteiger charge is 2.21. The third-order valence-corrected chi connectivity index (χ3v) is 6.43. The van der Waals surface area contributed by atoms with E-state index in [0.29, 0.717) is 16.1 Å². The number of anilines is 2. The van der Waals surface area contributed by atoms with Gasteiger partial charge in [0.2, 0.25) is 5.55 Å². The van der Waals surface area contributed by atoms with E-state index >= 15 is 0 Å². The van der Waals surface area contributed by atoms with E-state index in [4.69, 9.17) is 14.6 Å². The van der Waals surface area contributed by atoms with Gasteiger partial charge in [0.05, 0.1) is 12.7 Å². The van der Waals surface area contributed by atoms with Crippen LogP contribution in [0.3, 0.4) is 0 Å². The molecule has 0 radical (unpaired) electrons. The van der Waals surface area contributed by atoms with Crippen LogP contribution >= 0.6 is 11.3 Å². The Labute approximate surface area is 185 Å². The Hall–Kier alpha value is -3.13. The first-order valence-electron chi connectivity index (χ1n) is 10.2. The number of hydrogen-bond donors (Lipinski definition) is 2. The van der Waals surface area contributed by atoms with Crippen LogP contribution in [0.4, 0.5) is 10.7 Å². The zero-order valence-corrected chi connectivity index (χ0v) is 19.2. The number of methoxy groups -OCH3 is 1. The van der Waals surface area contributed by atoms with Crippen molar-refractivity contribution in [2.75, 3.05) is 30.4 Å².